The molecule has 0 atom stereocenters. The summed E-state index contributed by atoms with van der Waals surface area (Å²) in [5, 5.41) is 11.0. The number of rotatable bonds is 3. The summed E-state index contributed by atoms with van der Waals surface area (Å²) < 4.78 is 2.16. The number of unbranched alkanes of at least 4 members (excludes halogenated alkanes) is 1. The van der Waals surface area contributed by atoms with Gasteiger partial charge in [-0.05, 0) is 18.9 Å². The van der Waals surface area contributed by atoms with E-state index in [9.17, 15) is 5.21 Å². The molecule has 5 heteroatoms. The van der Waals surface area contributed by atoms with Crippen LogP contribution in [0.2, 0.25) is 0 Å². The Morgan fingerprint density at radius 3 is 3.17 bits per heavy atom. The van der Waals surface area contributed by atoms with Crippen molar-refractivity contribution in [2.45, 2.75) is 26.2 Å². The lowest BCUT2D eigenvalue weighted by Crippen LogP contribution is -2.30. The van der Waals surface area contributed by atoms with Gasteiger partial charge in [0, 0.05) is 17.0 Å². The molecule has 92 valence electrons. The van der Waals surface area contributed by atoms with Crippen molar-refractivity contribution in [1.29, 1.82) is 0 Å². The number of hydrogen-bond donors (Lipinski definition) is 1. The van der Waals surface area contributed by atoms with Crippen molar-refractivity contribution in [2.75, 3.05) is 0 Å². The predicted octanol–water partition coefficient (Wildman–Crippen LogP) is 2.71. The number of pyridine rings is 2. The summed E-state index contributed by atoms with van der Waals surface area (Å²) in [5.41, 5.74) is 2.35. The topological polar surface area (TPSA) is 49.9 Å². The molecule has 0 saturated heterocycles. The minimum absolute atomic E-state index is 0.718. The highest BCUT2D eigenvalue weighted by Crippen LogP contribution is 2.27. The summed E-state index contributed by atoms with van der Waals surface area (Å²) in [6.45, 7) is 2.17. The molecule has 0 fully saturated rings. The second-order valence-electron chi connectivity index (χ2n) is 4.27. The van der Waals surface area contributed by atoms with Crippen LogP contribution in [0.15, 0.2) is 24.5 Å². The molecule has 0 aromatic carbocycles. The van der Waals surface area contributed by atoms with Gasteiger partial charge in [-0.1, -0.05) is 13.3 Å². The Balaban J connectivity index is 2.23. The highest BCUT2D eigenvalue weighted by atomic mass is 32.1. The number of hydrogen-bond acceptors (Lipinski definition) is 4. The lowest BCUT2D eigenvalue weighted by atomic mass is 10.3. The first-order chi connectivity index (χ1) is 8.79. The summed E-state index contributed by atoms with van der Waals surface area (Å²) in [4.78, 5) is 8.91. The van der Waals surface area contributed by atoms with Crippen LogP contribution in [0.25, 0.3) is 21.3 Å². The molecule has 0 bridgehead atoms. The standard InChI is InChI=1S/C13H14N3OS/c1-2-3-6-11-15-9-8-16(17)10-5-4-7-14-12(10)13(9)18-11/h4-5,7-8,17H,2-3,6H2,1H3/q+1. The lowest BCUT2D eigenvalue weighted by molar-refractivity contribution is -0.883. The van der Waals surface area contributed by atoms with Crippen molar-refractivity contribution >= 4 is 32.6 Å². The van der Waals surface area contributed by atoms with Gasteiger partial charge in [0.05, 0.1) is 9.71 Å². The third kappa shape index (κ3) is 1.80. The summed E-state index contributed by atoms with van der Waals surface area (Å²) in [7, 11) is 0. The fourth-order valence-corrected chi connectivity index (χ4v) is 3.10. The predicted molar refractivity (Wildman–Crippen MR) is 70.9 cm³/mol. The van der Waals surface area contributed by atoms with Crippen molar-refractivity contribution in [1.82, 2.24) is 9.97 Å². The minimum atomic E-state index is 0.718. The van der Waals surface area contributed by atoms with Crippen LogP contribution in [-0.2, 0) is 6.42 Å². The van der Waals surface area contributed by atoms with E-state index in [1.807, 2.05) is 12.1 Å². The second-order valence-corrected chi connectivity index (χ2v) is 5.35. The van der Waals surface area contributed by atoms with E-state index >= 15 is 0 Å². The normalized spacial score (nSPS) is 11.4. The van der Waals surface area contributed by atoms with Crippen molar-refractivity contribution in [3.8, 4) is 0 Å². The Morgan fingerprint density at radius 2 is 2.33 bits per heavy atom. The first-order valence-corrected chi connectivity index (χ1v) is 6.89. The van der Waals surface area contributed by atoms with Crippen LogP contribution in [0, 0.1) is 0 Å². The van der Waals surface area contributed by atoms with Crippen LogP contribution in [0.5, 0.6) is 0 Å². The first kappa shape index (κ1) is 11.3. The number of aryl methyl sites for hydroxylation is 1. The van der Waals surface area contributed by atoms with Gasteiger partial charge >= 0.3 is 0 Å². The molecule has 4 nitrogen and oxygen atoms in total. The van der Waals surface area contributed by atoms with Gasteiger partial charge in [-0.15, -0.1) is 11.3 Å². The molecule has 0 amide bonds. The Kier molecular flexibility index (Phi) is 2.83. The monoisotopic (exact) mass is 260 g/mol. The van der Waals surface area contributed by atoms with Crippen molar-refractivity contribution in [3.63, 3.8) is 0 Å². The van der Waals surface area contributed by atoms with E-state index in [4.69, 9.17) is 0 Å². The zero-order valence-electron chi connectivity index (χ0n) is 10.1. The Hall–Kier alpha value is -1.75. The molecule has 0 aliphatic rings. The van der Waals surface area contributed by atoms with Gasteiger partial charge in [-0.3, -0.25) is 5.21 Å². The first-order valence-electron chi connectivity index (χ1n) is 6.07. The van der Waals surface area contributed by atoms with E-state index in [2.05, 4.69) is 16.9 Å². The van der Waals surface area contributed by atoms with Gasteiger partial charge in [0.25, 0.3) is 5.52 Å². The zero-order valence-corrected chi connectivity index (χ0v) is 10.9. The quantitative estimate of drug-likeness (QED) is 0.582. The SMILES string of the molecule is CCCCc1nc2c[n+](O)c3cccnc3c2s1. The number of fused-ring (bicyclic) bond motifs is 3. The Labute approximate surface area is 109 Å². The lowest BCUT2D eigenvalue weighted by Gasteiger charge is -1.92. The van der Waals surface area contributed by atoms with Gasteiger partial charge in [-0.25, -0.2) is 9.97 Å². The van der Waals surface area contributed by atoms with Gasteiger partial charge in [-0.2, -0.15) is 0 Å². The van der Waals surface area contributed by atoms with E-state index in [0.717, 1.165) is 50.3 Å². The van der Waals surface area contributed by atoms with Crippen molar-refractivity contribution in [2.24, 2.45) is 0 Å². The molecular formula is C13H14N3OS+. The molecule has 0 unspecified atom stereocenters. The smallest absolute Gasteiger partial charge is 0.284 e. The highest BCUT2D eigenvalue weighted by molar-refractivity contribution is 7.19. The van der Waals surface area contributed by atoms with E-state index in [1.165, 1.54) is 0 Å². The Bertz CT molecular complexity index is 708. The molecule has 3 rings (SSSR count). The van der Waals surface area contributed by atoms with Gasteiger partial charge in [0.15, 0.2) is 11.0 Å². The second kappa shape index (κ2) is 4.49. The molecule has 18 heavy (non-hydrogen) atoms. The molecule has 0 aliphatic carbocycles. The summed E-state index contributed by atoms with van der Waals surface area (Å²) in [6, 6.07) is 3.67. The van der Waals surface area contributed by atoms with Crippen LogP contribution < -0.4 is 4.73 Å². The van der Waals surface area contributed by atoms with E-state index in [-0.39, 0.29) is 0 Å². The fraction of sp³-hybridized carbons (Fsp3) is 0.308. The van der Waals surface area contributed by atoms with Crippen molar-refractivity contribution < 1.29 is 9.94 Å². The third-order valence-corrected chi connectivity index (χ3v) is 4.07. The number of aromatic nitrogens is 3. The van der Waals surface area contributed by atoms with Crippen LogP contribution >= 0.6 is 11.3 Å². The molecule has 1 N–H and O–H groups in total. The molecule has 0 spiro atoms. The van der Waals surface area contributed by atoms with Crippen LogP contribution in [-0.4, -0.2) is 15.2 Å². The average molecular weight is 260 g/mol. The van der Waals surface area contributed by atoms with Crippen LogP contribution in [0.1, 0.15) is 24.8 Å². The van der Waals surface area contributed by atoms with E-state index in [1.54, 1.807) is 23.7 Å². The van der Waals surface area contributed by atoms with Gasteiger partial charge in [0.2, 0.25) is 6.20 Å². The average Bonchev–Trinajstić information content (AvgIpc) is 2.80. The maximum absolute atomic E-state index is 9.90. The largest absolute Gasteiger partial charge is 0.284 e. The molecule has 3 heterocycles. The molecular weight excluding hydrogens is 246 g/mol. The number of thiazole rings is 1. The van der Waals surface area contributed by atoms with E-state index in [0.29, 0.717) is 0 Å². The van der Waals surface area contributed by atoms with Gasteiger partial charge < -0.3 is 0 Å². The van der Waals surface area contributed by atoms with Gasteiger partial charge in [0.1, 0.15) is 0 Å². The zero-order chi connectivity index (χ0) is 12.5. The molecule has 3 aromatic heterocycles. The maximum Gasteiger partial charge on any atom is 0.284 e. The molecule has 0 saturated carbocycles. The van der Waals surface area contributed by atoms with E-state index < -0.39 is 0 Å². The highest BCUT2D eigenvalue weighted by Gasteiger charge is 2.17. The summed E-state index contributed by atoms with van der Waals surface area (Å²) in [5.74, 6) is 0. The fourth-order valence-electron chi connectivity index (χ4n) is 2.01. The minimum Gasteiger partial charge on any atom is -0.284 e. The Morgan fingerprint density at radius 1 is 1.44 bits per heavy atom. The third-order valence-electron chi connectivity index (χ3n) is 2.93. The molecule has 0 radical (unpaired) electrons. The summed E-state index contributed by atoms with van der Waals surface area (Å²) in [6.07, 6.45) is 6.70. The summed E-state index contributed by atoms with van der Waals surface area (Å²) >= 11 is 1.68. The molecule has 3 aromatic rings. The van der Waals surface area contributed by atoms with Crippen molar-refractivity contribution in [3.05, 3.63) is 29.5 Å². The van der Waals surface area contributed by atoms with Crippen LogP contribution in [0.3, 0.4) is 0 Å². The number of nitrogens with zero attached hydrogens (tertiary/aromatic N) is 3. The van der Waals surface area contributed by atoms with Crippen LogP contribution in [0.4, 0.5) is 0 Å². The maximum atomic E-state index is 9.90. The molecule has 0 aliphatic heterocycles.